The van der Waals surface area contributed by atoms with E-state index in [0.717, 1.165) is 12.0 Å². The van der Waals surface area contributed by atoms with Crippen molar-refractivity contribution in [3.05, 3.63) is 39.0 Å². The summed E-state index contributed by atoms with van der Waals surface area (Å²) in [6, 6.07) is 5.04. The Kier molecular flexibility index (Phi) is 5.29. The number of rotatable bonds is 2. The van der Waals surface area contributed by atoms with Gasteiger partial charge in [-0.25, -0.2) is 4.79 Å². The van der Waals surface area contributed by atoms with Crippen LogP contribution in [0.4, 0.5) is 10.5 Å². The van der Waals surface area contributed by atoms with Crippen LogP contribution in [0.2, 0.25) is 0 Å². The number of amides is 2. The number of hydrogen-bond donors (Lipinski definition) is 1. The van der Waals surface area contributed by atoms with Gasteiger partial charge in [-0.1, -0.05) is 6.07 Å². The molecule has 2 heterocycles. The number of para-hydroxylation sites is 1. The van der Waals surface area contributed by atoms with E-state index < -0.39 is 21.3 Å². The summed E-state index contributed by atoms with van der Waals surface area (Å²) in [5.41, 5.74) is 0.242. The zero-order valence-corrected chi connectivity index (χ0v) is 19.0. The molecule has 2 aliphatic heterocycles. The van der Waals surface area contributed by atoms with Crippen molar-refractivity contribution in [2.45, 2.75) is 0 Å². The summed E-state index contributed by atoms with van der Waals surface area (Å²) in [7, 11) is 0.00266. The standard InChI is InChI=1S/C15H16Br2N5O5S/c1-20-12(23)7-11-18-14(21(15(24)27-3)8-22(11,20)2)28(25,26)19-13-9(16)5-4-6-10(13)17/h4-7,19H,8H2,1-3H3/q+1. The molecule has 1 aromatic carbocycles. The third-order valence-electron chi connectivity index (χ3n) is 4.42. The molecule has 1 N–H and O–H groups in total. The maximum atomic E-state index is 13.1. The topological polar surface area (TPSA) is 108 Å². The molecule has 0 saturated carbocycles. The lowest BCUT2D eigenvalue weighted by atomic mass is 10.3. The van der Waals surface area contributed by atoms with Gasteiger partial charge in [0.1, 0.15) is 0 Å². The number of fused-ring (bicyclic) bond motifs is 1. The Balaban J connectivity index is 2.11. The second kappa shape index (κ2) is 7.13. The molecular weight excluding hydrogens is 522 g/mol. The monoisotopic (exact) mass is 536 g/mol. The minimum absolute atomic E-state index is 0.183. The second-order valence-electron chi connectivity index (χ2n) is 6.14. The lowest BCUT2D eigenvalue weighted by Gasteiger charge is -2.40. The molecule has 150 valence electrons. The van der Waals surface area contributed by atoms with Gasteiger partial charge >= 0.3 is 6.09 Å². The van der Waals surface area contributed by atoms with Gasteiger partial charge in [-0.05, 0) is 44.0 Å². The Hall–Kier alpha value is -1.96. The van der Waals surface area contributed by atoms with E-state index in [2.05, 4.69) is 41.6 Å². The molecular formula is C15H16Br2N5O5S+. The molecule has 1 atom stereocenters. The Morgan fingerprint density at radius 3 is 2.50 bits per heavy atom. The van der Waals surface area contributed by atoms with Gasteiger partial charge in [-0.3, -0.25) is 9.52 Å². The Morgan fingerprint density at radius 1 is 1.32 bits per heavy atom. The third-order valence-corrected chi connectivity index (χ3v) is 7.01. The number of ether oxygens (including phenoxy) is 1. The number of amidine groups is 1. The van der Waals surface area contributed by atoms with E-state index in [9.17, 15) is 18.0 Å². The lowest BCUT2D eigenvalue weighted by Crippen LogP contribution is -2.63. The first-order chi connectivity index (χ1) is 13.0. The van der Waals surface area contributed by atoms with E-state index in [1.807, 2.05) is 0 Å². The average molecular weight is 538 g/mol. The molecule has 0 fully saturated rings. The van der Waals surface area contributed by atoms with Crippen molar-refractivity contribution in [1.82, 2.24) is 9.91 Å². The summed E-state index contributed by atoms with van der Waals surface area (Å²) >= 11 is 6.57. The molecule has 0 radical (unpaired) electrons. The van der Waals surface area contributed by atoms with Gasteiger partial charge in [0, 0.05) is 8.95 Å². The molecule has 28 heavy (non-hydrogen) atoms. The van der Waals surface area contributed by atoms with Gasteiger partial charge in [-0.15, -0.1) is 0 Å². The fraction of sp³-hybridized carbons (Fsp3) is 0.267. The predicted octanol–water partition coefficient (Wildman–Crippen LogP) is 2.02. The minimum atomic E-state index is -4.30. The van der Waals surface area contributed by atoms with Crippen molar-refractivity contribution in [1.29, 1.82) is 0 Å². The highest BCUT2D eigenvalue weighted by atomic mass is 79.9. The number of nitrogens with one attached hydrogen (secondary N) is 1. The molecule has 0 aliphatic carbocycles. The summed E-state index contributed by atoms with van der Waals surface area (Å²) in [5.74, 6) is -0.162. The average Bonchev–Trinajstić information content (AvgIpc) is 2.86. The number of halogens is 2. The van der Waals surface area contributed by atoms with Gasteiger partial charge in [0.25, 0.3) is 26.9 Å². The number of carbonyl (C=O) groups excluding carboxylic acids is 2. The molecule has 1 unspecified atom stereocenters. The van der Waals surface area contributed by atoms with Crippen molar-refractivity contribution in [2.75, 3.05) is 32.6 Å². The van der Waals surface area contributed by atoms with Gasteiger partial charge in [0.05, 0.1) is 33.0 Å². The molecule has 10 nitrogen and oxygen atoms in total. The number of anilines is 1. The molecule has 0 saturated heterocycles. The maximum Gasteiger partial charge on any atom is 0.420 e. The van der Waals surface area contributed by atoms with Crippen LogP contribution in [-0.4, -0.2) is 68.0 Å². The van der Waals surface area contributed by atoms with Crippen LogP contribution in [0, 0.1) is 0 Å². The summed E-state index contributed by atoms with van der Waals surface area (Å²) in [6.07, 6.45) is 0.319. The van der Waals surface area contributed by atoms with E-state index in [1.165, 1.54) is 18.1 Å². The van der Waals surface area contributed by atoms with Crippen LogP contribution in [-0.2, 0) is 19.6 Å². The Labute approximate surface area is 178 Å². The number of hydrogen-bond acceptors (Lipinski definition) is 6. The first kappa shape index (κ1) is 20.8. The molecule has 1 aromatic rings. The van der Waals surface area contributed by atoms with E-state index in [1.54, 1.807) is 25.2 Å². The molecule has 0 aromatic heterocycles. The van der Waals surface area contributed by atoms with Gasteiger partial charge in [0.2, 0.25) is 0 Å². The van der Waals surface area contributed by atoms with Crippen LogP contribution in [0.1, 0.15) is 0 Å². The van der Waals surface area contributed by atoms with Crippen LogP contribution < -0.4 is 4.72 Å². The van der Waals surface area contributed by atoms with Crippen LogP contribution in [0.25, 0.3) is 0 Å². The van der Waals surface area contributed by atoms with Gasteiger partial charge in [-0.2, -0.15) is 27.9 Å². The molecule has 2 amide bonds. The first-order valence-electron chi connectivity index (χ1n) is 7.78. The predicted molar refractivity (Wildman–Crippen MR) is 108 cm³/mol. The summed E-state index contributed by atoms with van der Waals surface area (Å²) < 4.78 is 34.1. The zero-order chi connectivity index (χ0) is 20.9. The number of methoxy groups -OCH3 is 1. The normalized spacial score (nSPS) is 21.8. The highest BCUT2D eigenvalue weighted by Gasteiger charge is 2.52. The SMILES string of the molecule is COC(=O)N1C[N+]2(C)C(=CC(=O)N2C)N=C1S(=O)(=O)Nc1c(Br)cccc1Br. The highest BCUT2D eigenvalue weighted by molar-refractivity contribution is 9.11. The van der Waals surface area contributed by atoms with Crippen molar-refractivity contribution in [3.63, 3.8) is 0 Å². The number of benzene rings is 1. The highest BCUT2D eigenvalue weighted by Crippen LogP contribution is 2.34. The summed E-state index contributed by atoms with van der Waals surface area (Å²) in [5, 5.41) is 0.780. The quantitative estimate of drug-likeness (QED) is 0.581. The second-order valence-corrected chi connectivity index (χ2v) is 9.42. The fourth-order valence-electron chi connectivity index (χ4n) is 2.74. The van der Waals surface area contributed by atoms with E-state index in [-0.39, 0.29) is 28.7 Å². The third kappa shape index (κ3) is 3.32. The van der Waals surface area contributed by atoms with E-state index in [0.29, 0.717) is 8.95 Å². The number of sulfonamides is 1. The number of likely N-dealkylation sites (N-methyl/N-ethyl adjacent to an activating group) is 1. The molecule has 0 spiro atoms. The zero-order valence-electron chi connectivity index (χ0n) is 15.0. The molecule has 2 aliphatic rings. The van der Waals surface area contributed by atoms with Gasteiger partial charge < -0.3 is 4.74 Å². The smallest absolute Gasteiger partial charge is 0.420 e. The number of aliphatic imine (C=N–C) groups is 1. The lowest BCUT2D eigenvalue weighted by molar-refractivity contribution is -0.974. The number of nitrogens with zero attached hydrogens (tertiary/aromatic N) is 4. The largest absolute Gasteiger partial charge is 0.452 e. The molecule has 0 bridgehead atoms. The minimum Gasteiger partial charge on any atom is -0.452 e. The van der Waals surface area contributed by atoms with Crippen LogP contribution in [0.5, 0.6) is 0 Å². The van der Waals surface area contributed by atoms with Crippen LogP contribution in [0.15, 0.2) is 44.0 Å². The van der Waals surface area contributed by atoms with Gasteiger partial charge in [0.15, 0.2) is 6.67 Å². The summed E-state index contributed by atoms with van der Waals surface area (Å²) in [6.45, 7) is -0.183. The van der Waals surface area contributed by atoms with Crippen LogP contribution >= 0.6 is 31.9 Å². The summed E-state index contributed by atoms with van der Waals surface area (Å²) in [4.78, 5) is 29.4. The molecule has 13 heteroatoms. The van der Waals surface area contributed by atoms with E-state index >= 15 is 0 Å². The van der Waals surface area contributed by atoms with E-state index in [4.69, 9.17) is 4.74 Å². The van der Waals surface area contributed by atoms with Crippen molar-refractivity contribution >= 4 is 64.7 Å². The maximum absolute atomic E-state index is 13.1. The Bertz CT molecular complexity index is 1020. The first-order valence-corrected chi connectivity index (χ1v) is 10.8. The Morgan fingerprint density at radius 2 is 1.93 bits per heavy atom. The van der Waals surface area contributed by atoms with Crippen molar-refractivity contribution in [3.8, 4) is 0 Å². The van der Waals surface area contributed by atoms with Crippen LogP contribution in [0.3, 0.4) is 0 Å². The molecule has 3 rings (SSSR count). The number of carbonyl (C=O) groups is 2. The fourth-order valence-corrected chi connectivity index (χ4v) is 5.42. The number of quaternary nitrogens is 1. The van der Waals surface area contributed by atoms with Crippen molar-refractivity contribution < 1.29 is 27.3 Å². The van der Waals surface area contributed by atoms with Crippen molar-refractivity contribution in [2.24, 2.45) is 4.99 Å².